The smallest absolute Gasteiger partial charge is 0.262 e. The van der Waals surface area contributed by atoms with E-state index in [1.165, 1.54) is 40.3 Å². The van der Waals surface area contributed by atoms with Gasteiger partial charge in [-0.3, -0.25) is 23.8 Å². The van der Waals surface area contributed by atoms with Gasteiger partial charge in [-0.1, -0.05) is 224 Å². The van der Waals surface area contributed by atoms with Crippen LogP contribution in [0.5, 0.6) is 0 Å². The maximum Gasteiger partial charge on any atom is 0.262 e. The SMILES string of the molecule is CNS(=O)(=O)c1[c-]c[c-]c[c-]1.CNS(=O)(=O)c1ccccc1.CNS(C)(=O)=O.CNS(C)(=O)=O.CS(=O)(=O)Nc1ccccc1.Cc1cc(C)c(NS(=O)(=O)c2ccccc2)c(C)c1.O=S(=O)(Cc1ccccc1)NCc1ccccc1.O=S(=O)(Nc1ccccc1)c1cccc2ccccc12.O=S(=O)(Nc1ccccc1)c1ccccc1.[Pr].[Pr].[Pr]. The van der Waals surface area contributed by atoms with Crippen LogP contribution in [0.1, 0.15) is 27.8 Å². The summed E-state index contributed by atoms with van der Waals surface area (Å²) in [6.45, 7) is 6.14. The molecule has 12 rings (SSSR count). The van der Waals surface area contributed by atoms with Crippen LogP contribution in [0.3, 0.4) is 0 Å². The number of hydrogen-bond donors (Lipinski definition) is 9. The van der Waals surface area contributed by atoms with Gasteiger partial charge < -0.3 is 30.3 Å². The summed E-state index contributed by atoms with van der Waals surface area (Å²) in [5.74, 6) is 0.0146. The molecule has 0 heterocycles. The van der Waals surface area contributed by atoms with Crippen LogP contribution in [-0.2, 0) is 103 Å². The minimum atomic E-state index is -3.59. The topological polar surface area (TPSA) is 416 Å². The molecule has 9 N–H and O–H groups in total. The van der Waals surface area contributed by atoms with Gasteiger partial charge in [-0.05, 0) is 155 Å². The minimum Gasteiger partial charge on any atom is -0.545 e. The van der Waals surface area contributed by atoms with Crippen LogP contribution >= 0.6 is 0 Å². The monoisotopic (exact) mass is 2200 g/mol. The van der Waals surface area contributed by atoms with Crippen molar-refractivity contribution in [2.24, 2.45) is 0 Å². The third-order valence-electron chi connectivity index (χ3n) is 14.9. The van der Waals surface area contributed by atoms with Gasteiger partial charge in [-0.15, -0.1) is 0 Å². The predicted octanol–water partition coefficient (Wildman–Crippen LogP) is 11.8. The van der Waals surface area contributed by atoms with Crippen LogP contribution in [0.25, 0.3) is 10.8 Å². The average molecular weight is 2210 g/mol. The first-order valence-electron chi connectivity index (χ1n) is 34.8. The zero-order chi connectivity index (χ0) is 87.7. The number of para-hydroxylation sites is 3. The average Bonchev–Trinajstić information content (AvgIpc) is 0.780. The fourth-order valence-corrected chi connectivity index (χ4v) is 15.9. The van der Waals surface area contributed by atoms with E-state index in [9.17, 15) is 75.8 Å². The zero-order valence-corrected chi connectivity index (χ0v) is 86.1. The van der Waals surface area contributed by atoms with E-state index in [4.69, 9.17) is 0 Å². The van der Waals surface area contributed by atoms with Crippen molar-refractivity contribution >= 4 is 124 Å². The predicted molar refractivity (Wildman–Crippen MR) is 470 cm³/mol. The number of rotatable bonds is 22. The van der Waals surface area contributed by atoms with E-state index in [0.29, 0.717) is 39.1 Å². The Labute approximate surface area is 814 Å². The molecule has 0 bridgehead atoms. The number of anilines is 4. The first-order chi connectivity index (χ1) is 55.4. The second kappa shape index (κ2) is 55.8. The van der Waals surface area contributed by atoms with E-state index in [2.05, 4.69) is 60.7 Å². The van der Waals surface area contributed by atoms with Gasteiger partial charge in [0, 0.05) is 153 Å². The second-order valence-corrected chi connectivity index (χ2v) is 40.7. The molecule has 12 aromatic carbocycles. The number of aryl methyl sites for hydroxylation is 3. The quantitative estimate of drug-likeness (QED) is 0.0285. The molecular weight excluding hydrogens is 2110 g/mol. The summed E-state index contributed by atoms with van der Waals surface area (Å²) >= 11 is 0. The van der Waals surface area contributed by atoms with Crippen molar-refractivity contribution in [3.8, 4) is 0 Å². The zero-order valence-electron chi connectivity index (χ0n) is 67.6. The van der Waals surface area contributed by atoms with Crippen molar-refractivity contribution < 1.29 is 200 Å². The Morgan fingerprint density at radius 2 is 0.620 bits per heavy atom. The summed E-state index contributed by atoms with van der Waals surface area (Å²) in [6.07, 6.45) is 3.33. The van der Waals surface area contributed by atoms with Crippen LogP contribution in [-0.4, -0.2) is 123 Å². The summed E-state index contributed by atoms with van der Waals surface area (Å²) in [7, 11) is -24.0. The van der Waals surface area contributed by atoms with E-state index >= 15 is 0 Å². The summed E-state index contributed by atoms with van der Waals surface area (Å²) in [6, 6.07) is 97.1. The van der Waals surface area contributed by atoms with Crippen LogP contribution in [0, 0.1) is 163 Å². The second-order valence-electron chi connectivity index (χ2n) is 24.5. The fourth-order valence-electron chi connectivity index (χ4n) is 9.23. The standard InChI is InChI=1S/C16H13NO2S.C15H17NO2S.C14H15NO2S.C12H11NO2S.2C7H9NO2S.C7H6NO2S.2C2H7NO2S.3Pr/c18-20(19,17-14-9-2-1-3-10-14)16-12-6-8-13-7-4-5-11-15(13)16;1-11-9-12(2)15(13(3)10-11)16-19(17,18)14-7-5-4-6-8-14;16-18(17,12-14-9-5-2-6-10-14)15-11-13-7-3-1-4-8-13;14-16(15,12-9-5-2-6-10-12)13-11-7-3-1-4-8-11;1-11(9,10)8-7-5-3-2-4-6-7;2*1-8-11(9,10)7-5-3-2-4-6-7;2*1-3-6(2,4)5;;;/h1-12,17H;4-10,16H,1-3H3;1-10,15H,11-12H2;1-10,13H;2*2-6,8H,1H3;3-4,8H,1H3;2*3H,1-2H3;;;/q;;;;;;-3;;;;;. The van der Waals surface area contributed by atoms with Gasteiger partial charge in [0.1, 0.15) is 0 Å². The molecule has 0 aliphatic carbocycles. The van der Waals surface area contributed by atoms with Gasteiger partial charge in [0.25, 0.3) is 30.1 Å². The number of benzene rings is 12. The molecule has 0 aliphatic heterocycles. The molecular formula is C82H94N9O18Pr3S9-3. The molecule has 0 atom stereocenters. The molecule has 0 saturated heterocycles. The Bertz CT molecular complexity index is 6040. The Hall–Kier alpha value is -6.46. The molecule has 0 spiro atoms. The normalized spacial score (nSPS) is 11.0. The molecule has 0 amide bonds. The molecule has 0 saturated carbocycles. The van der Waals surface area contributed by atoms with Gasteiger partial charge in [0.05, 0.1) is 49.8 Å². The van der Waals surface area contributed by atoms with Gasteiger partial charge in [0.15, 0.2) is 10.0 Å². The van der Waals surface area contributed by atoms with Crippen molar-refractivity contribution in [1.29, 1.82) is 0 Å². The summed E-state index contributed by atoms with van der Waals surface area (Å²) in [4.78, 5) is 1.13. The van der Waals surface area contributed by atoms with E-state index in [0.717, 1.165) is 57.4 Å². The van der Waals surface area contributed by atoms with Gasteiger partial charge in [0.2, 0.25) is 50.1 Å². The van der Waals surface area contributed by atoms with Crippen LogP contribution in [0.4, 0.5) is 22.7 Å². The van der Waals surface area contributed by atoms with E-state index in [1.807, 2.05) is 142 Å². The first-order valence-corrected chi connectivity index (χ1v) is 49.6. The van der Waals surface area contributed by atoms with Gasteiger partial charge in [-0.2, -0.15) is 0 Å². The van der Waals surface area contributed by atoms with Crippen LogP contribution < -0.4 is 42.5 Å². The van der Waals surface area contributed by atoms with E-state index < -0.39 is 90.2 Å². The molecule has 12 aromatic rings. The molecule has 641 valence electrons. The van der Waals surface area contributed by atoms with Crippen molar-refractivity contribution in [2.75, 3.05) is 65.8 Å². The number of fused-ring (bicyclic) bond motifs is 1. The molecule has 3 radical (unpaired) electrons. The van der Waals surface area contributed by atoms with E-state index in [1.54, 1.807) is 176 Å². The first kappa shape index (κ1) is 113. The summed E-state index contributed by atoms with van der Waals surface area (Å²) in [5.41, 5.74) is 7.09. The maximum atomic E-state index is 12.5. The minimum absolute atomic E-state index is 0. The molecule has 27 nitrogen and oxygen atoms in total. The van der Waals surface area contributed by atoms with Crippen molar-refractivity contribution in [3.63, 3.8) is 0 Å². The number of hydrogen-bond acceptors (Lipinski definition) is 18. The molecule has 0 aromatic heterocycles. The molecule has 0 fully saturated rings. The number of sulfonamides is 9. The molecule has 39 heteroatoms. The Morgan fingerprint density at radius 1 is 0.306 bits per heavy atom. The Balaban J connectivity index is 0.000000694. The fraction of sp³-hybridized carbons (Fsp3) is 0.146. The Kier molecular flexibility index (Phi) is 51.9. The Morgan fingerprint density at radius 3 is 0.992 bits per heavy atom. The third kappa shape index (κ3) is 45.8. The molecule has 0 unspecified atom stereocenters. The van der Waals surface area contributed by atoms with E-state index in [-0.39, 0.29) is 144 Å². The van der Waals surface area contributed by atoms with Gasteiger partial charge >= 0.3 is 0 Å². The summed E-state index contributed by atoms with van der Waals surface area (Å²) in [5, 5.41) is 1.63. The summed E-state index contributed by atoms with van der Waals surface area (Å²) < 4.78 is 223. The molecule has 0 aliphatic rings. The van der Waals surface area contributed by atoms with Crippen LogP contribution in [0.15, 0.2) is 334 Å². The van der Waals surface area contributed by atoms with Crippen molar-refractivity contribution in [1.82, 2.24) is 23.6 Å². The maximum absolute atomic E-state index is 12.5. The largest absolute Gasteiger partial charge is 0.545 e. The van der Waals surface area contributed by atoms with Gasteiger partial charge in [-0.25, -0.2) is 99.4 Å². The number of nitrogens with one attached hydrogen (secondary N) is 9. The van der Waals surface area contributed by atoms with Crippen molar-refractivity contribution in [2.45, 2.75) is 57.5 Å². The molecule has 121 heavy (non-hydrogen) atoms. The third-order valence-corrected chi connectivity index (χ3v) is 25.2. The van der Waals surface area contributed by atoms with Crippen molar-refractivity contribution in [3.05, 3.63) is 355 Å². The van der Waals surface area contributed by atoms with Crippen LogP contribution in [0.2, 0.25) is 0 Å².